The van der Waals surface area contributed by atoms with Crippen LogP contribution < -0.4 is 15.0 Å². The van der Waals surface area contributed by atoms with Crippen LogP contribution in [0, 0.1) is 12.3 Å². The van der Waals surface area contributed by atoms with Gasteiger partial charge >= 0.3 is 6.03 Å². The van der Waals surface area contributed by atoms with Crippen molar-refractivity contribution in [2.75, 3.05) is 30.4 Å². The predicted molar refractivity (Wildman–Crippen MR) is 125 cm³/mol. The quantitative estimate of drug-likeness (QED) is 0.694. The molecule has 1 N–H and O–H groups in total. The fraction of sp³-hybridized carbons (Fsp3) is 0.440. The molecule has 6 heteroatoms. The number of hydrogen-bond donors (Lipinski definition) is 1. The summed E-state index contributed by atoms with van der Waals surface area (Å²) < 4.78 is 5.53. The average molecular weight is 424 g/mol. The van der Waals surface area contributed by atoms with Gasteiger partial charge in [0.25, 0.3) is 0 Å². The Labute approximate surface area is 185 Å². The van der Waals surface area contributed by atoms with E-state index >= 15 is 0 Å². The molecule has 0 unspecified atom stereocenters. The zero-order valence-corrected chi connectivity index (χ0v) is 19.2. The number of nitrogens with one attached hydrogen (secondary N) is 1. The van der Waals surface area contributed by atoms with Gasteiger partial charge in [0, 0.05) is 31.7 Å². The lowest BCUT2D eigenvalue weighted by Gasteiger charge is -2.36. The van der Waals surface area contributed by atoms with E-state index in [4.69, 9.17) is 4.74 Å². The summed E-state index contributed by atoms with van der Waals surface area (Å²) in [6, 6.07) is 13.6. The second-order valence-electron chi connectivity index (χ2n) is 9.37. The number of aryl methyl sites for hydroxylation is 1. The Balaban J connectivity index is 1.81. The van der Waals surface area contributed by atoms with Crippen molar-refractivity contribution in [3.63, 3.8) is 0 Å². The Morgan fingerprint density at radius 2 is 1.90 bits per heavy atom. The van der Waals surface area contributed by atoms with Crippen molar-refractivity contribution in [1.82, 2.24) is 4.90 Å². The van der Waals surface area contributed by atoms with Crippen molar-refractivity contribution < 1.29 is 14.3 Å². The van der Waals surface area contributed by atoms with E-state index in [1.165, 1.54) is 5.56 Å². The van der Waals surface area contributed by atoms with Gasteiger partial charge in [-0.15, -0.1) is 0 Å². The van der Waals surface area contributed by atoms with Gasteiger partial charge in [-0.05, 0) is 42.5 Å². The standard InChI is InChI=1S/C25H33N3O3/c1-18-8-6-9-19(14-18)17-27-12-7-13-28(24(27)30)21-15-20(10-11-22(21)31-5)26-23(29)16-25(2,3)4/h6,8-11,14-15H,7,12-13,16-17H2,1-5H3,(H,26,29). The third-order valence-electron chi connectivity index (χ3n) is 5.21. The van der Waals surface area contributed by atoms with Crippen LogP contribution in [0.15, 0.2) is 42.5 Å². The van der Waals surface area contributed by atoms with E-state index in [9.17, 15) is 9.59 Å². The lowest BCUT2D eigenvalue weighted by molar-refractivity contribution is -0.117. The molecule has 2 aromatic carbocycles. The number of amides is 3. The van der Waals surface area contributed by atoms with Gasteiger partial charge in [-0.3, -0.25) is 9.69 Å². The Morgan fingerprint density at radius 3 is 2.58 bits per heavy atom. The van der Waals surface area contributed by atoms with Gasteiger partial charge in [-0.1, -0.05) is 50.6 Å². The van der Waals surface area contributed by atoms with Crippen molar-refractivity contribution in [3.8, 4) is 5.75 Å². The highest BCUT2D eigenvalue weighted by atomic mass is 16.5. The summed E-state index contributed by atoms with van der Waals surface area (Å²) in [6.07, 6.45) is 1.28. The highest BCUT2D eigenvalue weighted by molar-refractivity contribution is 5.97. The monoisotopic (exact) mass is 423 g/mol. The molecule has 0 aromatic heterocycles. The summed E-state index contributed by atoms with van der Waals surface area (Å²) in [5.74, 6) is 0.564. The number of rotatable bonds is 6. The highest BCUT2D eigenvalue weighted by Gasteiger charge is 2.29. The largest absolute Gasteiger partial charge is 0.495 e. The van der Waals surface area contributed by atoms with Crippen LogP contribution in [0.5, 0.6) is 5.75 Å². The van der Waals surface area contributed by atoms with E-state index in [-0.39, 0.29) is 17.4 Å². The number of anilines is 2. The molecule has 166 valence electrons. The molecule has 3 amide bonds. The van der Waals surface area contributed by atoms with Gasteiger partial charge in [0.15, 0.2) is 0 Å². The molecule has 1 saturated heterocycles. The second-order valence-corrected chi connectivity index (χ2v) is 9.37. The first-order chi connectivity index (χ1) is 14.7. The maximum Gasteiger partial charge on any atom is 0.324 e. The number of nitrogens with zero attached hydrogens (tertiary/aromatic N) is 2. The predicted octanol–water partition coefficient (Wildman–Crippen LogP) is 5.21. The first-order valence-corrected chi connectivity index (χ1v) is 10.8. The van der Waals surface area contributed by atoms with Crippen LogP contribution in [0.4, 0.5) is 16.2 Å². The maximum atomic E-state index is 13.3. The first-order valence-electron chi connectivity index (χ1n) is 10.8. The van der Waals surface area contributed by atoms with E-state index in [0.717, 1.165) is 12.0 Å². The Kier molecular flexibility index (Phi) is 6.88. The molecule has 1 fully saturated rings. The molecule has 3 rings (SSSR count). The van der Waals surface area contributed by atoms with Gasteiger partial charge in [-0.25, -0.2) is 4.79 Å². The smallest absolute Gasteiger partial charge is 0.324 e. The molecule has 1 aliphatic heterocycles. The second kappa shape index (κ2) is 9.41. The topological polar surface area (TPSA) is 61.9 Å². The van der Waals surface area contributed by atoms with Crippen LogP contribution >= 0.6 is 0 Å². The van der Waals surface area contributed by atoms with Gasteiger partial charge in [0.2, 0.25) is 5.91 Å². The molecule has 0 bridgehead atoms. The van der Waals surface area contributed by atoms with Crippen LogP contribution in [0.2, 0.25) is 0 Å². The summed E-state index contributed by atoms with van der Waals surface area (Å²) in [7, 11) is 1.59. The van der Waals surface area contributed by atoms with E-state index in [2.05, 4.69) is 24.4 Å². The molecule has 1 aliphatic rings. The van der Waals surface area contributed by atoms with Gasteiger partial charge in [0.1, 0.15) is 5.75 Å². The van der Waals surface area contributed by atoms with Crippen LogP contribution in [-0.4, -0.2) is 37.0 Å². The number of methoxy groups -OCH3 is 1. The SMILES string of the molecule is COc1ccc(NC(=O)CC(C)(C)C)cc1N1CCCN(Cc2cccc(C)c2)C1=O. The van der Waals surface area contributed by atoms with Gasteiger partial charge in [0.05, 0.1) is 12.8 Å². The Hall–Kier alpha value is -3.02. The molecule has 0 atom stereocenters. The fourth-order valence-electron chi connectivity index (χ4n) is 3.85. The van der Waals surface area contributed by atoms with Crippen molar-refractivity contribution in [1.29, 1.82) is 0 Å². The molecular weight excluding hydrogens is 390 g/mol. The third-order valence-corrected chi connectivity index (χ3v) is 5.21. The zero-order valence-electron chi connectivity index (χ0n) is 19.2. The van der Waals surface area contributed by atoms with E-state index < -0.39 is 0 Å². The van der Waals surface area contributed by atoms with Crippen molar-refractivity contribution in [2.45, 2.75) is 47.1 Å². The lowest BCUT2D eigenvalue weighted by atomic mass is 9.92. The summed E-state index contributed by atoms with van der Waals surface area (Å²) in [6.45, 7) is 10.0. The highest BCUT2D eigenvalue weighted by Crippen LogP contribution is 2.34. The molecule has 31 heavy (non-hydrogen) atoms. The molecule has 0 spiro atoms. The maximum absolute atomic E-state index is 13.3. The van der Waals surface area contributed by atoms with Crippen LogP contribution in [0.1, 0.15) is 44.7 Å². The molecule has 6 nitrogen and oxygen atoms in total. The first kappa shape index (κ1) is 22.7. The Morgan fingerprint density at radius 1 is 1.13 bits per heavy atom. The van der Waals surface area contributed by atoms with Crippen LogP contribution in [0.3, 0.4) is 0 Å². The van der Waals surface area contributed by atoms with Crippen LogP contribution in [0.25, 0.3) is 0 Å². The Bertz CT molecular complexity index is 949. The molecule has 1 heterocycles. The lowest BCUT2D eigenvalue weighted by Crippen LogP contribution is -2.49. The number of ether oxygens (including phenoxy) is 1. The van der Waals surface area contributed by atoms with E-state index in [1.54, 1.807) is 18.1 Å². The van der Waals surface area contributed by atoms with Crippen molar-refractivity contribution in [2.24, 2.45) is 5.41 Å². The van der Waals surface area contributed by atoms with Crippen molar-refractivity contribution in [3.05, 3.63) is 53.6 Å². The number of carbonyl (C=O) groups excluding carboxylic acids is 2. The number of urea groups is 1. The summed E-state index contributed by atoms with van der Waals surface area (Å²) >= 11 is 0. The molecular formula is C25H33N3O3. The minimum absolute atomic E-state index is 0.0466. The fourth-order valence-corrected chi connectivity index (χ4v) is 3.85. The number of benzene rings is 2. The normalized spacial score (nSPS) is 14.5. The molecule has 0 saturated carbocycles. The van der Waals surface area contributed by atoms with E-state index in [1.807, 2.05) is 49.9 Å². The molecule has 0 aliphatic carbocycles. The third kappa shape index (κ3) is 6.00. The summed E-state index contributed by atoms with van der Waals surface area (Å²) in [5.41, 5.74) is 3.53. The van der Waals surface area contributed by atoms with Crippen LogP contribution in [-0.2, 0) is 11.3 Å². The minimum Gasteiger partial charge on any atom is -0.495 e. The van der Waals surface area contributed by atoms with Gasteiger partial charge < -0.3 is 15.0 Å². The summed E-state index contributed by atoms with van der Waals surface area (Å²) in [4.78, 5) is 29.3. The molecule has 0 radical (unpaired) electrons. The zero-order chi connectivity index (χ0) is 22.6. The molecule has 2 aromatic rings. The average Bonchev–Trinajstić information content (AvgIpc) is 2.68. The van der Waals surface area contributed by atoms with Gasteiger partial charge in [-0.2, -0.15) is 0 Å². The van der Waals surface area contributed by atoms with E-state index in [0.29, 0.717) is 43.2 Å². The number of hydrogen-bond acceptors (Lipinski definition) is 3. The van der Waals surface area contributed by atoms with Crippen molar-refractivity contribution >= 4 is 23.3 Å². The minimum atomic E-state index is -0.0987. The number of carbonyl (C=O) groups is 2. The summed E-state index contributed by atoms with van der Waals surface area (Å²) in [5, 5.41) is 2.96.